The van der Waals surface area contributed by atoms with Crippen LogP contribution in [0.25, 0.3) is 0 Å². The van der Waals surface area contributed by atoms with Crippen molar-refractivity contribution in [2.24, 2.45) is 11.8 Å². The summed E-state index contributed by atoms with van der Waals surface area (Å²) in [5, 5.41) is 4.59. The SMILES string of the molecule is COc1cc(C(C)NC(=O)C2CCC(C(F)(F)F)NC2=O)ccc1OCCC(C)C. The summed E-state index contributed by atoms with van der Waals surface area (Å²) in [5.41, 5.74) is 0.723. The van der Waals surface area contributed by atoms with Gasteiger partial charge in [-0.15, -0.1) is 0 Å². The van der Waals surface area contributed by atoms with E-state index in [4.69, 9.17) is 9.47 Å². The van der Waals surface area contributed by atoms with Crippen LogP contribution in [0.3, 0.4) is 0 Å². The van der Waals surface area contributed by atoms with Gasteiger partial charge in [0.1, 0.15) is 12.0 Å². The lowest BCUT2D eigenvalue weighted by molar-refractivity contribution is -0.171. The molecule has 0 saturated carbocycles. The zero-order valence-corrected chi connectivity index (χ0v) is 17.6. The lowest BCUT2D eigenvalue weighted by atomic mass is 9.92. The minimum atomic E-state index is -4.51. The molecule has 1 aromatic rings. The molecular formula is C21H29F3N2O4. The lowest BCUT2D eigenvalue weighted by Crippen LogP contribution is -2.54. The lowest BCUT2D eigenvalue weighted by Gasteiger charge is -2.30. The third-order valence-corrected chi connectivity index (χ3v) is 5.09. The average molecular weight is 430 g/mol. The standard InChI is InChI=1S/C21H29F3N2O4/c1-12(2)9-10-30-16-7-5-14(11-17(16)29-4)13(3)25-19(27)15-6-8-18(21(22,23)24)26-20(15)28/h5,7,11-13,15,18H,6,8-10H2,1-4H3,(H,25,27)(H,26,28). The molecule has 1 aliphatic heterocycles. The molecule has 1 fully saturated rings. The summed E-state index contributed by atoms with van der Waals surface area (Å²) >= 11 is 0. The summed E-state index contributed by atoms with van der Waals surface area (Å²) in [6.07, 6.45) is -4.09. The van der Waals surface area contributed by atoms with E-state index in [1.54, 1.807) is 25.1 Å². The van der Waals surface area contributed by atoms with Crippen molar-refractivity contribution in [2.45, 2.75) is 58.3 Å². The maximum absolute atomic E-state index is 12.8. The van der Waals surface area contributed by atoms with E-state index >= 15 is 0 Å². The van der Waals surface area contributed by atoms with Gasteiger partial charge in [-0.2, -0.15) is 13.2 Å². The Hall–Kier alpha value is -2.45. The second kappa shape index (κ2) is 10.0. The van der Waals surface area contributed by atoms with E-state index in [0.717, 1.165) is 12.0 Å². The van der Waals surface area contributed by atoms with E-state index in [0.29, 0.717) is 24.0 Å². The number of carbonyl (C=O) groups is 2. The largest absolute Gasteiger partial charge is 0.493 e. The minimum Gasteiger partial charge on any atom is -0.493 e. The summed E-state index contributed by atoms with van der Waals surface area (Å²) in [6, 6.07) is 2.89. The Labute approximate surface area is 174 Å². The van der Waals surface area contributed by atoms with Crippen LogP contribution in [0.5, 0.6) is 11.5 Å². The highest BCUT2D eigenvalue weighted by molar-refractivity contribution is 6.01. The molecule has 2 N–H and O–H groups in total. The zero-order chi connectivity index (χ0) is 22.5. The predicted octanol–water partition coefficient (Wildman–Crippen LogP) is 3.75. The minimum absolute atomic E-state index is 0.152. The van der Waals surface area contributed by atoms with Gasteiger partial charge in [-0.3, -0.25) is 9.59 Å². The first-order valence-electron chi connectivity index (χ1n) is 10.0. The molecule has 168 valence electrons. The summed E-state index contributed by atoms with van der Waals surface area (Å²) in [6.45, 7) is 6.48. The van der Waals surface area contributed by atoms with Gasteiger partial charge in [-0.25, -0.2) is 0 Å². The number of piperidine rings is 1. The highest BCUT2D eigenvalue weighted by Gasteiger charge is 2.46. The van der Waals surface area contributed by atoms with E-state index in [-0.39, 0.29) is 12.8 Å². The number of nitrogens with one attached hydrogen (secondary N) is 2. The van der Waals surface area contributed by atoms with Crippen LogP contribution >= 0.6 is 0 Å². The number of alkyl halides is 3. The van der Waals surface area contributed by atoms with Crippen LogP contribution in [0, 0.1) is 11.8 Å². The Morgan fingerprint density at radius 1 is 1.23 bits per heavy atom. The number of amides is 2. The average Bonchev–Trinajstić information content (AvgIpc) is 2.66. The summed E-state index contributed by atoms with van der Waals surface area (Å²) in [7, 11) is 1.51. The normalized spacial score (nSPS) is 20.5. The predicted molar refractivity (Wildman–Crippen MR) is 105 cm³/mol. The van der Waals surface area contributed by atoms with Gasteiger partial charge in [-0.1, -0.05) is 19.9 Å². The Bertz CT molecular complexity index is 752. The Morgan fingerprint density at radius 2 is 1.93 bits per heavy atom. The Kier molecular flexibility index (Phi) is 7.97. The van der Waals surface area contributed by atoms with Gasteiger partial charge >= 0.3 is 6.18 Å². The van der Waals surface area contributed by atoms with E-state index in [9.17, 15) is 22.8 Å². The third-order valence-electron chi connectivity index (χ3n) is 5.09. The van der Waals surface area contributed by atoms with Crippen molar-refractivity contribution >= 4 is 11.8 Å². The van der Waals surface area contributed by atoms with Crippen molar-refractivity contribution in [3.63, 3.8) is 0 Å². The van der Waals surface area contributed by atoms with Gasteiger partial charge in [0.25, 0.3) is 0 Å². The first-order valence-corrected chi connectivity index (χ1v) is 10.0. The van der Waals surface area contributed by atoms with Gasteiger partial charge in [0.2, 0.25) is 11.8 Å². The quantitative estimate of drug-likeness (QED) is 0.616. The number of hydrogen-bond acceptors (Lipinski definition) is 4. The molecule has 9 heteroatoms. The molecule has 1 aliphatic rings. The van der Waals surface area contributed by atoms with Crippen molar-refractivity contribution in [2.75, 3.05) is 13.7 Å². The van der Waals surface area contributed by atoms with Gasteiger partial charge < -0.3 is 20.1 Å². The molecule has 30 heavy (non-hydrogen) atoms. The third kappa shape index (κ3) is 6.27. The molecule has 0 radical (unpaired) electrons. The molecule has 3 unspecified atom stereocenters. The molecule has 0 spiro atoms. The molecule has 0 bridgehead atoms. The van der Waals surface area contributed by atoms with E-state index < -0.39 is 36.0 Å². The number of rotatable bonds is 8. The van der Waals surface area contributed by atoms with Crippen molar-refractivity contribution in [3.8, 4) is 11.5 Å². The van der Waals surface area contributed by atoms with Crippen LogP contribution in [-0.2, 0) is 9.59 Å². The summed E-state index contributed by atoms with van der Waals surface area (Å²) in [4.78, 5) is 24.5. The highest BCUT2D eigenvalue weighted by atomic mass is 19.4. The van der Waals surface area contributed by atoms with E-state index in [1.165, 1.54) is 7.11 Å². The fourth-order valence-corrected chi connectivity index (χ4v) is 3.18. The molecule has 1 heterocycles. The number of ether oxygens (including phenoxy) is 2. The van der Waals surface area contributed by atoms with Gasteiger partial charge in [0, 0.05) is 0 Å². The highest BCUT2D eigenvalue weighted by Crippen LogP contribution is 2.32. The van der Waals surface area contributed by atoms with Crippen molar-refractivity contribution in [3.05, 3.63) is 23.8 Å². The van der Waals surface area contributed by atoms with Crippen molar-refractivity contribution in [1.29, 1.82) is 0 Å². The monoisotopic (exact) mass is 430 g/mol. The summed E-state index contributed by atoms with van der Waals surface area (Å²) in [5.74, 6) is -1.04. The molecular weight excluding hydrogens is 401 g/mol. The second-order valence-corrected chi connectivity index (χ2v) is 7.90. The van der Waals surface area contributed by atoms with Gasteiger partial charge in [0.15, 0.2) is 11.5 Å². The Morgan fingerprint density at radius 3 is 2.50 bits per heavy atom. The number of halogens is 3. The number of carbonyl (C=O) groups excluding carboxylic acids is 2. The van der Waals surface area contributed by atoms with Crippen LogP contribution < -0.4 is 20.1 Å². The molecule has 0 aromatic heterocycles. The van der Waals surface area contributed by atoms with E-state index in [1.807, 2.05) is 5.32 Å². The van der Waals surface area contributed by atoms with Gasteiger partial charge in [-0.05, 0) is 49.8 Å². The van der Waals surface area contributed by atoms with Crippen LogP contribution in [0.2, 0.25) is 0 Å². The maximum atomic E-state index is 12.8. The number of hydrogen-bond donors (Lipinski definition) is 2. The van der Waals surface area contributed by atoms with Crippen LogP contribution in [0.4, 0.5) is 13.2 Å². The summed E-state index contributed by atoms with van der Waals surface area (Å²) < 4.78 is 49.4. The first-order chi connectivity index (χ1) is 14.0. The molecule has 6 nitrogen and oxygen atoms in total. The van der Waals surface area contributed by atoms with Crippen LogP contribution in [0.1, 0.15) is 51.6 Å². The fourth-order valence-electron chi connectivity index (χ4n) is 3.18. The van der Waals surface area contributed by atoms with Crippen LogP contribution in [-0.4, -0.2) is 37.7 Å². The molecule has 1 aromatic carbocycles. The smallest absolute Gasteiger partial charge is 0.408 e. The Balaban J connectivity index is 1.99. The topological polar surface area (TPSA) is 76.7 Å². The van der Waals surface area contributed by atoms with E-state index in [2.05, 4.69) is 19.2 Å². The van der Waals surface area contributed by atoms with Crippen molar-refractivity contribution in [1.82, 2.24) is 10.6 Å². The second-order valence-electron chi connectivity index (χ2n) is 7.90. The number of methoxy groups -OCH3 is 1. The van der Waals surface area contributed by atoms with Gasteiger partial charge in [0.05, 0.1) is 19.8 Å². The van der Waals surface area contributed by atoms with Crippen LogP contribution in [0.15, 0.2) is 18.2 Å². The number of benzene rings is 1. The molecule has 3 atom stereocenters. The molecule has 0 aliphatic carbocycles. The zero-order valence-electron chi connectivity index (χ0n) is 17.6. The molecule has 2 amide bonds. The molecule has 1 saturated heterocycles. The fraction of sp³-hybridized carbons (Fsp3) is 0.619. The van der Waals surface area contributed by atoms with Crippen molar-refractivity contribution < 1.29 is 32.2 Å². The maximum Gasteiger partial charge on any atom is 0.408 e. The first kappa shape index (κ1) is 23.8. The molecule has 2 rings (SSSR count).